The van der Waals surface area contributed by atoms with Gasteiger partial charge in [0.05, 0.1) is 22.0 Å². The van der Waals surface area contributed by atoms with Crippen LogP contribution in [0.5, 0.6) is 11.5 Å². The molecule has 12 heteroatoms. The third kappa shape index (κ3) is 6.31. The van der Waals surface area contributed by atoms with Gasteiger partial charge >= 0.3 is 0 Å². The molecule has 194 valence electrons. The number of carbonyl (C=O) groups excluding carboxylic acids is 3. The van der Waals surface area contributed by atoms with Crippen molar-refractivity contribution in [3.8, 4) is 11.5 Å². The van der Waals surface area contributed by atoms with E-state index >= 15 is 0 Å². The molecule has 1 heterocycles. The van der Waals surface area contributed by atoms with Gasteiger partial charge < -0.3 is 14.8 Å². The highest BCUT2D eigenvalue weighted by atomic mass is 35.5. The Labute approximate surface area is 226 Å². The van der Waals surface area contributed by atoms with Gasteiger partial charge in [0.2, 0.25) is 5.91 Å². The number of methoxy groups -OCH3 is 1. The maximum Gasteiger partial charge on any atom is 0.294 e. The second-order valence-electron chi connectivity index (χ2n) is 7.92. The fourth-order valence-electron chi connectivity index (χ4n) is 3.47. The number of benzene rings is 3. The van der Waals surface area contributed by atoms with Gasteiger partial charge in [-0.05, 0) is 59.8 Å². The highest BCUT2D eigenvalue weighted by molar-refractivity contribution is 8.18. The molecule has 1 aliphatic rings. The Hall–Kier alpha value is -4.35. The number of hydrogen-bond acceptors (Lipinski definition) is 8. The fourth-order valence-corrected chi connectivity index (χ4v) is 4.56. The number of nitro groups is 1. The molecular weight excluding hydrogens is 534 g/mol. The zero-order valence-electron chi connectivity index (χ0n) is 19.9. The second kappa shape index (κ2) is 11.8. The van der Waals surface area contributed by atoms with E-state index in [0.717, 1.165) is 22.2 Å². The number of carbonyl (C=O) groups is 3. The van der Waals surface area contributed by atoms with Gasteiger partial charge in [0.15, 0.2) is 0 Å². The van der Waals surface area contributed by atoms with Gasteiger partial charge in [-0.2, -0.15) is 0 Å². The highest BCUT2D eigenvalue weighted by Gasteiger charge is 2.36. The Balaban J connectivity index is 1.42. The maximum absolute atomic E-state index is 12.9. The van der Waals surface area contributed by atoms with Crippen LogP contribution in [-0.2, 0) is 16.2 Å². The molecule has 3 aromatic rings. The summed E-state index contributed by atoms with van der Waals surface area (Å²) < 4.78 is 10.9. The summed E-state index contributed by atoms with van der Waals surface area (Å²) in [7, 11) is 1.47. The van der Waals surface area contributed by atoms with Gasteiger partial charge in [-0.3, -0.25) is 29.4 Å². The number of nitrogens with zero attached hydrogens (tertiary/aromatic N) is 2. The van der Waals surface area contributed by atoms with Crippen molar-refractivity contribution in [2.75, 3.05) is 19.0 Å². The third-order valence-corrected chi connectivity index (χ3v) is 6.56. The molecule has 1 aliphatic heterocycles. The molecule has 0 radical (unpaired) electrons. The van der Waals surface area contributed by atoms with Gasteiger partial charge in [0.25, 0.3) is 16.8 Å². The van der Waals surface area contributed by atoms with Gasteiger partial charge in [-0.25, -0.2) is 0 Å². The van der Waals surface area contributed by atoms with Crippen molar-refractivity contribution in [3.63, 3.8) is 0 Å². The van der Waals surface area contributed by atoms with Crippen LogP contribution in [0.15, 0.2) is 71.6 Å². The number of halogens is 1. The summed E-state index contributed by atoms with van der Waals surface area (Å²) in [4.78, 5) is 49.3. The third-order valence-electron chi connectivity index (χ3n) is 5.36. The van der Waals surface area contributed by atoms with Crippen molar-refractivity contribution < 1.29 is 28.8 Å². The van der Waals surface area contributed by atoms with Gasteiger partial charge in [0, 0.05) is 23.4 Å². The predicted octanol–water partition coefficient (Wildman–Crippen LogP) is 5.51. The minimum atomic E-state index is -0.604. The topological polar surface area (TPSA) is 128 Å². The molecule has 38 heavy (non-hydrogen) atoms. The number of para-hydroxylation sites is 1. The Bertz CT molecular complexity index is 1440. The van der Waals surface area contributed by atoms with E-state index in [0.29, 0.717) is 27.8 Å². The first-order valence-electron chi connectivity index (χ1n) is 11.1. The van der Waals surface area contributed by atoms with Crippen LogP contribution in [-0.4, -0.2) is 40.5 Å². The van der Waals surface area contributed by atoms with E-state index in [4.69, 9.17) is 21.1 Å². The summed E-state index contributed by atoms with van der Waals surface area (Å²) in [6.07, 6.45) is 1.53. The molecule has 3 amide bonds. The quantitative estimate of drug-likeness (QED) is 0.209. The summed E-state index contributed by atoms with van der Waals surface area (Å²) >= 11 is 6.79. The summed E-state index contributed by atoms with van der Waals surface area (Å²) in [6, 6.07) is 17.6. The average molecular weight is 554 g/mol. The number of thioether (sulfide) groups is 1. The number of ether oxygens (including phenoxy) is 2. The van der Waals surface area contributed by atoms with Crippen LogP contribution < -0.4 is 14.8 Å². The number of hydrogen-bond donors (Lipinski definition) is 1. The van der Waals surface area contributed by atoms with Crippen molar-refractivity contribution in [1.82, 2.24) is 4.90 Å². The maximum atomic E-state index is 12.9. The monoisotopic (exact) mass is 553 g/mol. The Morgan fingerprint density at radius 3 is 2.53 bits per heavy atom. The highest BCUT2D eigenvalue weighted by Crippen LogP contribution is 2.34. The van der Waals surface area contributed by atoms with Crippen molar-refractivity contribution in [2.45, 2.75) is 6.61 Å². The van der Waals surface area contributed by atoms with E-state index in [1.54, 1.807) is 48.5 Å². The molecule has 0 aliphatic carbocycles. The zero-order chi connectivity index (χ0) is 27.2. The number of imide groups is 1. The molecule has 10 nitrogen and oxygen atoms in total. The molecule has 0 unspecified atom stereocenters. The normalized spacial score (nSPS) is 14.1. The first-order chi connectivity index (χ1) is 18.2. The van der Waals surface area contributed by atoms with E-state index < -0.39 is 28.5 Å². The van der Waals surface area contributed by atoms with E-state index in [1.807, 2.05) is 0 Å². The average Bonchev–Trinajstić information content (AvgIpc) is 3.15. The molecule has 0 bridgehead atoms. The number of nitrogens with one attached hydrogen (secondary N) is 1. The van der Waals surface area contributed by atoms with Crippen molar-refractivity contribution in [2.24, 2.45) is 0 Å². The number of anilines is 1. The zero-order valence-corrected chi connectivity index (χ0v) is 21.5. The minimum absolute atomic E-state index is 0.0219. The molecule has 1 saturated heterocycles. The SMILES string of the molecule is COc1ccc(NC(=O)CN2C(=O)S/C(=C\c3ccccc3OCc3ccc([N+](=O)[O-])cc3)C2=O)cc1Cl. The molecule has 0 atom stereocenters. The van der Waals surface area contributed by atoms with Crippen LogP contribution in [0.4, 0.5) is 16.2 Å². The molecular formula is C26H20ClN3O7S. The number of rotatable bonds is 9. The number of non-ortho nitro benzene ring substituents is 1. The Morgan fingerprint density at radius 2 is 1.84 bits per heavy atom. The van der Waals surface area contributed by atoms with Gasteiger partial charge in [-0.15, -0.1) is 0 Å². The summed E-state index contributed by atoms with van der Waals surface area (Å²) in [5.74, 6) is -0.278. The molecule has 0 spiro atoms. The number of nitro benzene ring substituents is 1. The van der Waals surface area contributed by atoms with Crippen molar-refractivity contribution >= 4 is 57.9 Å². The van der Waals surface area contributed by atoms with Crippen LogP contribution in [0.25, 0.3) is 6.08 Å². The summed E-state index contributed by atoms with van der Waals surface area (Å²) in [5.41, 5.74) is 1.64. The molecule has 4 rings (SSSR count). The van der Waals surface area contributed by atoms with Gasteiger partial charge in [-0.1, -0.05) is 29.8 Å². The molecule has 0 saturated carbocycles. The van der Waals surface area contributed by atoms with Crippen LogP contribution in [0.2, 0.25) is 5.02 Å². The van der Waals surface area contributed by atoms with E-state index in [1.165, 1.54) is 31.4 Å². The predicted molar refractivity (Wildman–Crippen MR) is 143 cm³/mol. The first-order valence-corrected chi connectivity index (χ1v) is 12.3. The minimum Gasteiger partial charge on any atom is -0.495 e. The van der Waals surface area contributed by atoms with E-state index in [2.05, 4.69) is 5.32 Å². The fraction of sp³-hybridized carbons (Fsp3) is 0.115. The Morgan fingerprint density at radius 1 is 1.11 bits per heavy atom. The van der Waals surface area contributed by atoms with Crippen molar-refractivity contribution in [3.05, 3.63) is 97.9 Å². The summed E-state index contributed by atoms with van der Waals surface area (Å²) in [6.45, 7) is -0.330. The second-order valence-corrected chi connectivity index (χ2v) is 9.32. The van der Waals surface area contributed by atoms with Crippen LogP contribution in [0.3, 0.4) is 0 Å². The van der Waals surface area contributed by atoms with E-state index in [9.17, 15) is 24.5 Å². The van der Waals surface area contributed by atoms with E-state index in [-0.39, 0.29) is 17.2 Å². The lowest BCUT2D eigenvalue weighted by Gasteiger charge is -2.13. The van der Waals surface area contributed by atoms with Crippen LogP contribution in [0, 0.1) is 10.1 Å². The number of amides is 3. The lowest BCUT2D eigenvalue weighted by molar-refractivity contribution is -0.384. The summed E-state index contributed by atoms with van der Waals surface area (Å²) in [5, 5.41) is 13.2. The largest absolute Gasteiger partial charge is 0.495 e. The molecule has 1 fully saturated rings. The van der Waals surface area contributed by atoms with Crippen molar-refractivity contribution in [1.29, 1.82) is 0 Å². The molecule has 0 aromatic heterocycles. The van der Waals surface area contributed by atoms with Crippen LogP contribution in [0.1, 0.15) is 11.1 Å². The lowest BCUT2D eigenvalue weighted by atomic mass is 10.1. The molecule has 1 N–H and O–H groups in total. The smallest absolute Gasteiger partial charge is 0.294 e. The van der Waals surface area contributed by atoms with Gasteiger partial charge in [0.1, 0.15) is 24.7 Å². The first kappa shape index (κ1) is 26.7. The Kier molecular flexibility index (Phi) is 8.29. The molecule has 3 aromatic carbocycles. The van der Waals surface area contributed by atoms with Crippen LogP contribution >= 0.6 is 23.4 Å². The lowest BCUT2D eigenvalue weighted by Crippen LogP contribution is -2.36. The standard InChI is InChI=1S/C26H20ClN3O7S/c1-36-22-11-8-18(13-20(22)27)28-24(31)14-29-25(32)23(38-26(29)33)12-17-4-2-3-5-21(17)37-15-16-6-9-19(10-7-16)30(34)35/h2-13H,14-15H2,1H3,(H,28,31)/b23-12-.